The minimum atomic E-state index is -1.93. The Balaban J connectivity index is 1.51. The average Bonchev–Trinajstić information content (AvgIpc) is 3.55. The molecule has 1 aliphatic carbocycles. The number of carboxylic acid groups (broad SMARTS) is 1. The molecule has 0 spiro atoms. The van der Waals surface area contributed by atoms with Crippen molar-refractivity contribution in [1.29, 1.82) is 0 Å². The van der Waals surface area contributed by atoms with Crippen molar-refractivity contribution in [3.8, 4) is 27.5 Å². The van der Waals surface area contributed by atoms with Crippen LogP contribution in [-0.4, -0.2) is 30.0 Å². The van der Waals surface area contributed by atoms with E-state index in [2.05, 4.69) is 55.2 Å². The molecule has 0 bridgehead atoms. The number of benzene rings is 3. The number of hydrogen-bond donors (Lipinski definition) is 2. The standard InChI is InChI=1S/C33H31FN4O3S2/c1-19(2)22-5-3-6-23(16-22)24-7-4-8-25(17-24)31-26(13-21-11-12-30(43(35)41)27(34)14-21)29(15-20-9-10-20)38(37-31)33-36-28(18-42-33)32(39)40/h3-8,11-12,14,16-20H,9-10,13,15,35H2,1-2H3,(H,39,40). The molecule has 10 heteroatoms. The lowest BCUT2D eigenvalue weighted by molar-refractivity contribution is 0.0691. The summed E-state index contributed by atoms with van der Waals surface area (Å²) in [4.78, 5) is 16.0. The molecule has 0 saturated heterocycles. The maximum absolute atomic E-state index is 14.9. The molecule has 43 heavy (non-hydrogen) atoms. The Morgan fingerprint density at radius 3 is 2.47 bits per heavy atom. The van der Waals surface area contributed by atoms with Crippen LogP contribution in [-0.2, 0) is 23.8 Å². The molecule has 0 aliphatic heterocycles. The van der Waals surface area contributed by atoms with Gasteiger partial charge >= 0.3 is 5.97 Å². The average molecular weight is 615 g/mol. The van der Waals surface area contributed by atoms with E-state index in [-0.39, 0.29) is 10.6 Å². The topological polar surface area (TPSA) is 111 Å². The zero-order valence-electron chi connectivity index (χ0n) is 23.8. The molecule has 1 aliphatic rings. The molecule has 3 N–H and O–H groups in total. The van der Waals surface area contributed by atoms with Crippen molar-refractivity contribution in [3.63, 3.8) is 0 Å². The molecular formula is C33H31FN4O3S2. The van der Waals surface area contributed by atoms with Crippen molar-refractivity contribution in [2.45, 2.75) is 50.3 Å². The second-order valence-corrected chi connectivity index (χ2v) is 13.1. The quantitative estimate of drug-likeness (QED) is 0.174. The van der Waals surface area contributed by atoms with E-state index < -0.39 is 22.8 Å². The number of nitrogens with two attached hydrogens (primary N) is 1. The SMILES string of the molecule is CC(C)c1cccc(-c2cccc(-c3nn(-c4nc(C(=O)O)cs4)c(CC4CC4)c3Cc3ccc(S(N)=O)c(F)c3)c2)c1. The van der Waals surface area contributed by atoms with Gasteiger partial charge in [0.15, 0.2) is 5.69 Å². The fourth-order valence-corrected chi connectivity index (χ4v) is 6.50. The van der Waals surface area contributed by atoms with Gasteiger partial charge in [-0.05, 0) is 71.6 Å². The molecule has 5 aromatic rings. The number of halogens is 1. The highest BCUT2D eigenvalue weighted by Crippen LogP contribution is 2.39. The Kier molecular flexibility index (Phi) is 8.09. The summed E-state index contributed by atoms with van der Waals surface area (Å²) in [5.41, 5.74) is 7.55. The summed E-state index contributed by atoms with van der Waals surface area (Å²) in [6, 6.07) is 21.3. The van der Waals surface area contributed by atoms with E-state index in [0.29, 0.717) is 29.0 Å². The predicted molar refractivity (Wildman–Crippen MR) is 167 cm³/mol. The van der Waals surface area contributed by atoms with Crippen molar-refractivity contribution in [1.82, 2.24) is 14.8 Å². The van der Waals surface area contributed by atoms with Crippen molar-refractivity contribution in [2.75, 3.05) is 0 Å². The number of nitrogens with zero attached hydrogens (tertiary/aromatic N) is 3. The van der Waals surface area contributed by atoms with Gasteiger partial charge in [0.2, 0.25) is 5.13 Å². The molecule has 0 radical (unpaired) electrons. The summed E-state index contributed by atoms with van der Waals surface area (Å²) in [5, 5.41) is 22.0. The second kappa shape index (κ2) is 11.9. The molecule has 6 rings (SSSR count). The number of carboxylic acids is 1. The first-order chi connectivity index (χ1) is 20.7. The minimum Gasteiger partial charge on any atom is -0.476 e. The lowest BCUT2D eigenvalue weighted by atomic mass is 9.94. The van der Waals surface area contributed by atoms with Gasteiger partial charge in [0.25, 0.3) is 0 Å². The van der Waals surface area contributed by atoms with Gasteiger partial charge in [-0.1, -0.05) is 62.4 Å². The Hall–Kier alpha value is -3.99. The third-order valence-corrected chi connectivity index (χ3v) is 9.36. The third-order valence-electron chi connectivity index (χ3n) is 7.78. The van der Waals surface area contributed by atoms with Crippen molar-refractivity contribution < 1.29 is 18.5 Å². The van der Waals surface area contributed by atoms with Crippen LogP contribution in [0.2, 0.25) is 0 Å². The summed E-state index contributed by atoms with van der Waals surface area (Å²) >= 11 is 1.23. The zero-order chi connectivity index (χ0) is 30.2. The number of carbonyl (C=O) groups is 1. The Bertz CT molecular complexity index is 1860. The molecule has 2 aromatic heterocycles. The maximum atomic E-state index is 14.9. The number of aromatic carboxylic acids is 1. The number of hydrogen-bond acceptors (Lipinski definition) is 5. The van der Waals surface area contributed by atoms with E-state index in [1.807, 2.05) is 12.1 Å². The van der Waals surface area contributed by atoms with Gasteiger partial charge in [-0.15, -0.1) is 11.3 Å². The lowest BCUT2D eigenvalue weighted by Gasteiger charge is -2.11. The minimum absolute atomic E-state index is 0.0320. The number of aromatic nitrogens is 3. The van der Waals surface area contributed by atoms with Crippen molar-refractivity contribution >= 4 is 28.3 Å². The van der Waals surface area contributed by atoms with Crippen LogP contribution in [0.3, 0.4) is 0 Å². The highest BCUT2D eigenvalue weighted by Gasteiger charge is 2.29. The predicted octanol–water partition coefficient (Wildman–Crippen LogP) is 7.15. The summed E-state index contributed by atoms with van der Waals surface area (Å²) in [7, 11) is -1.93. The molecule has 1 saturated carbocycles. The van der Waals surface area contributed by atoms with Gasteiger partial charge in [0, 0.05) is 22.9 Å². The lowest BCUT2D eigenvalue weighted by Crippen LogP contribution is -2.07. The van der Waals surface area contributed by atoms with Crippen molar-refractivity contribution in [3.05, 3.63) is 106 Å². The van der Waals surface area contributed by atoms with Crippen LogP contribution >= 0.6 is 11.3 Å². The van der Waals surface area contributed by atoms with Gasteiger partial charge in [-0.2, -0.15) is 5.10 Å². The van der Waals surface area contributed by atoms with Gasteiger partial charge < -0.3 is 5.11 Å². The molecule has 1 unspecified atom stereocenters. The highest BCUT2D eigenvalue weighted by molar-refractivity contribution is 7.82. The zero-order valence-corrected chi connectivity index (χ0v) is 25.4. The van der Waals surface area contributed by atoms with Gasteiger partial charge in [-0.3, -0.25) is 0 Å². The second-order valence-electron chi connectivity index (χ2n) is 11.3. The number of rotatable bonds is 10. The Morgan fingerprint density at radius 1 is 1.09 bits per heavy atom. The molecule has 0 amide bonds. The van der Waals surface area contributed by atoms with E-state index in [1.54, 1.807) is 10.7 Å². The van der Waals surface area contributed by atoms with Crippen LogP contribution in [0.4, 0.5) is 4.39 Å². The first-order valence-electron chi connectivity index (χ1n) is 14.1. The van der Waals surface area contributed by atoms with E-state index >= 15 is 0 Å². The molecule has 2 heterocycles. The summed E-state index contributed by atoms with van der Waals surface area (Å²) in [6.07, 6.45) is 3.32. The van der Waals surface area contributed by atoms with Crippen LogP contribution in [0, 0.1) is 11.7 Å². The molecular weight excluding hydrogens is 584 g/mol. The maximum Gasteiger partial charge on any atom is 0.355 e. The van der Waals surface area contributed by atoms with E-state index in [9.17, 15) is 18.5 Å². The normalized spacial score (nSPS) is 13.9. The first-order valence-corrected chi connectivity index (χ1v) is 16.2. The van der Waals surface area contributed by atoms with Crippen LogP contribution in [0.5, 0.6) is 0 Å². The molecule has 220 valence electrons. The smallest absolute Gasteiger partial charge is 0.355 e. The summed E-state index contributed by atoms with van der Waals surface area (Å²) in [5.74, 6) is -0.824. The molecule has 7 nitrogen and oxygen atoms in total. The van der Waals surface area contributed by atoms with Crippen LogP contribution in [0.1, 0.15) is 65.5 Å². The van der Waals surface area contributed by atoms with E-state index in [0.717, 1.165) is 52.9 Å². The summed E-state index contributed by atoms with van der Waals surface area (Å²) < 4.78 is 28.4. The monoisotopic (exact) mass is 614 g/mol. The molecule has 1 atom stereocenters. The van der Waals surface area contributed by atoms with Gasteiger partial charge in [0.05, 0.1) is 16.3 Å². The third kappa shape index (κ3) is 6.22. The molecule has 1 fully saturated rings. The number of thiazole rings is 1. The van der Waals surface area contributed by atoms with Crippen molar-refractivity contribution in [2.24, 2.45) is 11.1 Å². The molecule has 3 aromatic carbocycles. The fourth-order valence-electron chi connectivity index (χ4n) is 5.27. The fraction of sp³-hybridized carbons (Fsp3) is 0.242. The largest absolute Gasteiger partial charge is 0.476 e. The summed E-state index contributed by atoms with van der Waals surface area (Å²) in [6.45, 7) is 4.34. The first kappa shape index (κ1) is 29.1. The van der Waals surface area contributed by atoms with Crippen LogP contribution < -0.4 is 5.14 Å². The van der Waals surface area contributed by atoms with Gasteiger partial charge in [-0.25, -0.2) is 28.2 Å². The van der Waals surface area contributed by atoms with Crippen LogP contribution in [0.25, 0.3) is 27.5 Å². The van der Waals surface area contributed by atoms with Gasteiger partial charge in [0.1, 0.15) is 16.8 Å². The van der Waals surface area contributed by atoms with Crippen LogP contribution in [0.15, 0.2) is 77.0 Å². The van der Waals surface area contributed by atoms with E-state index in [1.165, 1.54) is 34.4 Å². The Labute approximate surface area is 255 Å². The highest BCUT2D eigenvalue weighted by atomic mass is 32.2. The van der Waals surface area contributed by atoms with E-state index in [4.69, 9.17) is 10.2 Å². The Morgan fingerprint density at radius 2 is 1.81 bits per heavy atom.